The van der Waals surface area contributed by atoms with E-state index in [-0.39, 0.29) is 0 Å². The number of thiol groups is 1. The minimum Gasteiger partial charge on any atom is -0.493 e. The van der Waals surface area contributed by atoms with Crippen LogP contribution in [0.15, 0.2) is 64.2 Å². The van der Waals surface area contributed by atoms with E-state index in [2.05, 4.69) is 32.4 Å². The van der Waals surface area contributed by atoms with Gasteiger partial charge in [0.25, 0.3) is 0 Å². The molecule has 0 amide bonds. The average Bonchev–Trinajstić information content (AvgIpc) is 3.08. The Morgan fingerprint density at radius 3 is 2.56 bits per heavy atom. The van der Waals surface area contributed by atoms with Gasteiger partial charge in [-0.1, -0.05) is 22.5 Å². The Kier molecular flexibility index (Phi) is 6.72. The molecule has 3 aromatic rings. The van der Waals surface area contributed by atoms with Crippen LogP contribution in [0.1, 0.15) is 11.5 Å². The quantitative estimate of drug-likeness (QED) is 0.147. The third kappa shape index (κ3) is 5.50. The smallest absolute Gasteiger partial charge is 0.226 e. The summed E-state index contributed by atoms with van der Waals surface area (Å²) in [5.41, 5.74) is 1.84. The van der Waals surface area contributed by atoms with Gasteiger partial charge in [0.15, 0.2) is 0 Å². The van der Waals surface area contributed by atoms with E-state index in [9.17, 15) is 0 Å². The summed E-state index contributed by atoms with van der Waals surface area (Å²) in [4.78, 5) is 8.75. The van der Waals surface area contributed by atoms with Crippen LogP contribution in [0.25, 0.3) is 11.5 Å². The maximum atomic E-state index is 5.75. The van der Waals surface area contributed by atoms with E-state index in [1.54, 1.807) is 24.3 Å². The molecule has 0 N–H and O–H groups in total. The summed E-state index contributed by atoms with van der Waals surface area (Å²) in [7, 11) is 0. The summed E-state index contributed by atoms with van der Waals surface area (Å²) in [6, 6.07) is 16.9. The number of benzene rings is 2. The molecule has 1 aromatic heterocycles. The third-order valence-corrected chi connectivity index (χ3v) is 3.72. The number of rotatable bonds is 9. The normalized spacial score (nSPS) is 10.9. The van der Waals surface area contributed by atoms with E-state index in [0.717, 1.165) is 29.2 Å². The Morgan fingerprint density at radius 1 is 1.07 bits per heavy atom. The lowest BCUT2D eigenvalue weighted by atomic mass is 10.2. The first-order valence-electron chi connectivity index (χ1n) is 8.16. The minimum atomic E-state index is 0.483. The fourth-order valence-corrected chi connectivity index (χ4v) is 2.40. The van der Waals surface area contributed by atoms with Crippen LogP contribution in [0.3, 0.4) is 0 Å². The number of aryl methyl sites for hydroxylation is 1. The number of ether oxygens (including phenoxy) is 2. The minimum absolute atomic E-state index is 0.483. The number of nitrogens with zero attached hydrogens (tertiary/aromatic N) is 2. The molecule has 0 fully saturated rings. The molecule has 7 nitrogen and oxygen atoms in total. The molecule has 2 aromatic carbocycles. The van der Waals surface area contributed by atoms with E-state index in [4.69, 9.17) is 13.9 Å². The highest BCUT2D eigenvalue weighted by Gasteiger charge is 2.11. The second kappa shape index (κ2) is 9.65. The summed E-state index contributed by atoms with van der Waals surface area (Å²) >= 11 is 3.36. The molecular formula is C19H18N2O5S. The maximum absolute atomic E-state index is 5.75. The Morgan fingerprint density at radius 2 is 1.81 bits per heavy atom. The third-order valence-electron chi connectivity index (χ3n) is 3.65. The van der Waals surface area contributed by atoms with Crippen LogP contribution < -0.4 is 9.47 Å². The van der Waals surface area contributed by atoms with Crippen LogP contribution in [0.4, 0.5) is 0 Å². The van der Waals surface area contributed by atoms with Gasteiger partial charge in [-0.05, 0) is 48.5 Å². The SMILES string of the molecule is Cc1oc(-c2ccccc2)nc1CCOc1ccc(OC=NOOS)cc1. The lowest BCUT2D eigenvalue weighted by molar-refractivity contribution is -0.188. The summed E-state index contributed by atoms with van der Waals surface area (Å²) < 4.78 is 20.7. The zero-order valence-corrected chi connectivity index (χ0v) is 15.5. The number of oxime groups is 1. The Bertz CT molecular complexity index is 866. The zero-order chi connectivity index (χ0) is 18.9. The zero-order valence-electron chi connectivity index (χ0n) is 14.6. The molecule has 0 atom stereocenters. The lowest BCUT2D eigenvalue weighted by Crippen LogP contribution is -2.02. The first-order chi connectivity index (χ1) is 13.3. The number of oxazole rings is 1. The van der Waals surface area contributed by atoms with Crippen LogP contribution in [0.5, 0.6) is 11.5 Å². The van der Waals surface area contributed by atoms with Gasteiger partial charge < -0.3 is 13.9 Å². The van der Waals surface area contributed by atoms with Gasteiger partial charge >= 0.3 is 0 Å². The fraction of sp³-hybridized carbons (Fsp3) is 0.158. The number of hydrogen-bond acceptors (Lipinski definition) is 8. The fourth-order valence-electron chi connectivity index (χ4n) is 2.36. The van der Waals surface area contributed by atoms with Gasteiger partial charge in [-0.15, -0.1) is 0 Å². The number of hydrogen-bond donors (Lipinski definition) is 1. The van der Waals surface area contributed by atoms with Crippen LogP contribution >= 0.6 is 12.9 Å². The Hall–Kier alpha value is -2.97. The van der Waals surface area contributed by atoms with Crippen molar-refractivity contribution in [2.45, 2.75) is 13.3 Å². The van der Waals surface area contributed by atoms with Crippen LogP contribution in [-0.4, -0.2) is 18.0 Å². The predicted octanol–water partition coefficient (Wildman–Crippen LogP) is 4.39. The molecule has 3 rings (SSSR count). The molecule has 0 aliphatic heterocycles. The highest BCUT2D eigenvalue weighted by Crippen LogP contribution is 2.22. The summed E-state index contributed by atoms with van der Waals surface area (Å²) in [5.74, 6) is 2.72. The first-order valence-corrected chi connectivity index (χ1v) is 8.53. The van der Waals surface area contributed by atoms with Gasteiger partial charge in [0.1, 0.15) is 17.3 Å². The van der Waals surface area contributed by atoms with Crippen molar-refractivity contribution in [3.63, 3.8) is 0 Å². The summed E-state index contributed by atoms with van der Waals surface area (Å²) in [5, 5.41) is 3.33. The van der Waals surface area contributed by atoms with Crippen molar-refractivity contribution in [2.24, 2.45) is 5.16 Å². The largest absolute Gasteiger partial charge is 0.493 e. The van der Waals surface area contributed by atoms with Crippen molar-refractivity contribution in [2.75, 3.05) is 6.61 Å². The second-order valence-corrected chi connectivity index (χ2v) is 5.58. The highest BCUT2D eigenvalue weighted by molar-refractivity contribution is 7.74. The molecule has 27 heavy (non-hydrogen) atoms. The van der Waals surface area contributed by atoms with Gasteiger partial charge in [0, 0.05) is 24.9 Å². The molecule has 1 heterocycles. The van der Waals surface area contributed by atoms with E-state index < -0.39 is 0 Å². The molecule has 8 heteroatoms. The van der Waals surface area contributed by atoms with Crippen molar-refractivity contribution in [3.8, 4) is 23.0 Å². The maximum Gasteiger partial charge on any atom is 0.226 e. The predicted molar refractivity (Wildman–Crippen MR) is 103 cm³/mol. The summed E-state index contributed by atoms with van der Waals surface area (Å²) in [6.45, 7) is 2.39. The average molecular weight is 386 g/mol. The second-order valence-electron chi connectivity index (χ2n) is 5.44. The van der Waals surface area contributed by atoms with E-state index in [1.165, 1.54) is 0 Å². The molecule has 140 valence electrons. The monoisotopic (exact) mass is 386 g/mol. The molecule has 0 unspecified atom stereocenters. The van der Waals surface area contributed by atoms with Gasteiger partial charge in [-0.3, -0.25) is 0 Å². The number of aromatic nitrogens is 1. The van der Waals surface area contributed by atoms with Crippen LogP contribution in [0, 0.1) is 6.92 Å². The van der Waals surface area contributed by atoms with Crippen LogP contribution in [0.2, 0.25) is 0 Å². The molecular weight excluding hydrogens is 368 g/mol. The molecule has 0 radical (unpaired) electrons. The van der Waals surface area contributed by atoms with Gasteiger partial charge in [0.2, 0.25) is 12.3 Å². The van der Waals surface area contributed by atoms with Crippen LogP contribution in [-0.2, 0) is 15.7 Å². The highest BCUT2D eigenvalue weighted by atomic mass is 32.1. The van der Waals surface area contributed by atoms with Crippen molar-refractivity contribution < 1.29 is 23.2 Å². The molecule has 0 aliphatic carbocycles. The van der Waals surface area contributed by atoms with E-state index in [1.807, 2.05) is 37.3 Å². The standard InChI is InChI=1S/C19H18N2O5S/c1-14-18(21-19(24-14)15-5-3-2-4-6-15)11-12-22-16-7-9-17(10-8-16)23-13-20-25-26-27/h2-10,13,27H,11-12H2,1H3. The molecule has 0 saturated heterocycles. The first kappa shape index (κ1) is 18.8. The van der Waals surface area contributed by atoms with Gasteiger partial charge in [-0.2, -0.15) is 0 Å². The van der Waals surface area contributed by atoms with E-state index in [0.29, 0.717) is 24.7 Å². The van der Waals surface area contributed by atoms with Crippen molar-refractivity contribution in [1.29, 1.82) is 0 Å². The molecule has 0 bridgehead atoms. The molecule has 0 saturated carbocycles. The molecule has 0 aliphatic rings. The Labute approximate surface area is 162 Å². The van der Waals surface area contributed by atoms with Crippen molar-refractivity contribution in [1.82, 2.24) is 4.98 Å². The Balaban J connectivity index is 1.50. The topological polar surface area (TPSA) is 75.3 Å². The summed E-state index contributed by atoms with van der Waals surface area (Å²) in [6.07, 6.45) is 1.73. The molecule has 0 spiro atoms. The lowest BCUT2D eigenvalue weighted by Gasteiger charge is -2.06. The van der Waals surface area contributed by atoms with Crippen molar-refractivity contribution >= 4 is 19.3 Å². The van der Waals surface area contributed by atoms with Gasteiger partial charge in [-0.25, -0.2) is 9.97 Å². The van der Waals surface area contributed by atoms with Crippen molar-refractivity contribution in [3.05, 3.63) is 66.1 Å². The van der Waals surface area contributed by atoms with Gasteiger partial charge in [0.05, 0.1) is 12.3 Å². The van der Waals surface area contributed by atoms with E-state index >= 15 is 0 Å².